The predicted molar refractivity (Wildman–Crippen MR) is 77.7 cm³/mol. The fraction of sp³-hybridized carbons (Fsp3) is 0.286. The van der Waals surface area contributed by atoms with Crippen LogP contribution in [0.4, 0.5) is 15.2 Å². The molecule has 20 heavy (non-hydrogen) atoms. The quantitative estimate of drug-likeness (QED) is 0.851. The van der Waals surface area contributed by atoms with Crippen LogP contribution in [-0.2, 0) is 0 Å². The minimum absolute atomic E-state index is 0.0928. The van der Waals surface area contributed by atoms with Crippen LogP contribution in [0.25, 0.3) is 0 Å². The summed E-state index contributed by atoms with van der Waals surface area (Å²) in [5.41, 5.74) is 0.926. The van der Waals surface area contributed by atoms with Crippen LogP contribution in [0.15, 0.2) is 29.8 Å². The van der Waals surface area contributed by atoms with E-state index < -0.39 is 5.82 Å². The third-order valence-corrected chi connectivity index (χ3v) is 4.24. The van der Waals surface area contributed by atoms with Crippen LogP contribution in [0.5, 0.6) is 0 Å². The van der Waals surface area contributed by atoms with E-state index in [2.05, 4.69) is 14.8 Å². The third-order valence-electron chi connectivity index (χ3n) is 3.41. The van der Waals surface area contributed by atoms with E-state index in [4.69, 9.17) is 5.26 Å². The Hall–Kier alpha value is -2.13. The topological polar surface area (TPSA) is 43.2 Å². The Morgan fingerprint density at radius 1 is 1.20 bits per heavy atom. The number of aromatic nitrogens is 1. The van der Waals surface area contributed by atoms with Gasteiger partial charge >= 0.3 is 0 Å². The van der Waals surface area contributed by atoms with E-state index in [1.165, 1.54) is 12.1 Å². The van der Waals surface area contributed by atoms with Gasteiger partial charge < -0.3 is 9.80 Å². The number of hydrogen-bond acceptors (Lipinski definition) is 5. The number of benzene rings is 1. The fourth-order valence-electron chi connectivity index (χ4n) is 2.32. The Bertz CT molecular complexity index is 627. The summed E-state index contributed by atoms with van der Waals surface area (Å²) in [5.74, 6) is -0.452. The van der Waals surface area contributed by atoms with Crippen LogP contribution in [-0.4, -0.2) is 31.2 Å². The van der Waals surface area contributed by atoms with Crippen LogP contribution in [0, 0.1) is 17.1 Å². The predicted octanol–water partition coefficient (Wildman–Crippen LogP) is 2.48. The summed E-state index contributed by atoms with van der Waals surface area (Å²) < 4.78 is 13.6. The van der Waals surface area contributed by atoms with E-state index >= 15 is 0 Å². The number of nitriles is 1. The van der Waals surface area contributed by atoms with Crippen molar-refractivity contribution in [1.82, 2.24) is 4.98 Å². The Kier molecular flexibility index (Phi) is 3.52. The molecule has 0 unspecified atom stereocenters. The van der Waals surface area contributed by atoms with Crippen molar-refractivity contribution in [2.75, 3.05) is 36.0 Å². The van der Waals surface area contributed by atoms with Crippen molar-refractivity contribution in [3.63, 3.8) is 0 Å². The Balaban J connectivity index is 1.69. The molecule has 1 aliphatic heterocycles. The molecule has 102 valence electrons. The normalized spacial score (nSPS) is 15.2. The van der Waals surface area contributed by atoms with Crippen LogP contribution in [0.3, 0.4) is 0 Å². The van der Waals surface area contributed by atoms with Crippen LogP contribution in [0.1, 0.15) is 5.56 Å². The molecule has 3 rings (SSSR count). The lowest BCUT2D eigenvalue weighted by molar-refractivity contribution is 0.617. The first-order valence-electron chi connectivity index (χ1n) is 6.37. The van der Waals surface area contributed by atoms with Crippen LogP contribution < -0.4 is 9.80 Å². The highest BCUT2D eigenvalue weighted by molar-refractivity contribution is 7.13. The summed E-state index contributed by atoms with van der Waals surface area (Å²) in [4.78, 5) is 8.67. The van der Waals surface area contributed by atoms with Gasteiger partial charge in [-0.15, -0.1) is 11.3 Å². The first-order valence-corrected chi connectivity index (χ1v) is 7.25. The van der Waals surface area contributed by atoms with Gasteiger partial charge in [0.05, 0.1) is 5.56 Å². The molecule has 0 radical (unpaired) electrons. The van der Waals surface area contributed by atoms with E-state index in [0.29, 0.717) is 0 Å². The Morgan fingerprint density at radius 3 is 2.55 bits per heavy atom. The second-order valence-electron chi connectivity index (χ2n) is 4.56. The molecule has 4 nitrogen and oxygen atoms in total. The van der Waals surface area contributed by atoms with E-state index in [0.717, 1.165) is 37.0 Å². The van der Waals surface area contributed by atoms with Crippen molar-refractivity contribution in [1.29, 1.82) is 5.26 Å². The van der Waals surface area contributed by atoms with Gasteiger partial charge in [-0.2, -0.15) is 5.26 Å². The highest BCUT2D eigenvalue weighted by atomic mass is 32.1. The van der Waals surface area contributed by atoms with Gasteiger partial charge in [0.25, 0.3) is 0 Å². The summed E-state index contributed by atoms with van der Waals surface area (Å²) in [6, 6.07) is 6.63. The summed E-state index contributed by atoms with van der Waals surface area (Å²) >= 11 is 1.63. The molecule has 0 saturated carbocycles. The molecule has 0 N–H and O–H groups in total. The molecule has 1 aromatic carbocycles. The molecular formula is C14H13FN4S. The molecule has 1 aliphatic rings. The Morgan fingerprint density at radius 2 is 1.95 bits per heavy atom. The number of piperazine rings is 1. The molecule has 0 bridgehead atoms. The molecule has 0 atom stereocenters. The monoisotopic (exact) mass is 288 g/mol. The van der Waals surface area contributed by atoms with Gasteiger partial charge in [0, 0.05) is 43.4 Å². The fourth-order valence-corrected chi connectivity index (χ4v) is 3.02. The minimum Gasteiger partial charge on any atom is -0.368 e. The first-order chi connectivity index (χ1) is 9.78. The van der Waals surface area contributed by atoms with Crippen molar-refractivity contribution >= 4 is 22.2 Å². The van der Waals surface area contributed by atoms with Gasteiger partial charge in [-0.3, -0.25) is 0 Å². The minimum atomic E-state index is -0.452. The highest BCUT2D eigenvalue weighted by Crippen LogP contribution is 2.23. The molecule has 1 fully saturated rings. The lowest BCUT2D eigenvalue weighted by Crippen LogP contribution is -2.46. The number of thiazole rings is 1. The lowest BCUT2D eigenvalue weighted by Gasteiger charge is -2.36. The van der Waals surface area contributed by atoms with Gasteiger partial charge in [0.2, 0.25) is 0 Å². The van der Waals surface area contributed by atoms with Crippen molar-refractivity contribution < 1.29 is 4.39 Å². The van der Waals surface area contributed by atoms with Crippen molar-refractivity contribution in [2.45, 2.75) is 0 Å². The van der Waals surface area contributed by atoms with E-state index in [-0.39, 0.29) is 5.56 Å². The molecule has 6 heteroatoms. The van der Waals surface area contributed by atoms with Crippen molar-refractivity contribution in [3.8, 4) is 6.07 Å². The largest absolute Gasteiger partial charge is 0.368 e. The number of nitrogens with zero attached hydrogens (tertiary/aromatic N) is 4. The van der Waals surface area contributed by atoms with E-state index in [1.807, 2.05) is 17.6 Å². The zero-order valence-electron chi connectivity index (χ0n) is 10.8. The zero-order valence-corrected chi connectivity index (χ0v) is 11.6. The molecule has 0 amide bonds. The summed E-state index contributed by atoms with van der Waals surface area (Å²) in [6.45, 7) is 3.39. The molecule has 2 heterocycles. The molecule has 1 aromatic heterocycles. The van der Waals surface area contributed by atoms with Crippen molar-refractivity contribution in [3.05, 3.63) is 41.2 Å². The SMILES string of the molecule is N#Cc1ccc(N2CCN(c3nccs3)CC2)cc1F. The van der Waals surface area contributed by atoms with Crippen molar-refractivity contribution in [2.24, 2.45) is 0 Å². The molecule has 0 aliphatic carbocycles. The number of hydrogen-bond donors (Lipinski definition) is 0. The lowest BCUT2D eigenvalue weighted by atomic mass is 10.2. The van der Waals surface area contributed by atoms with Crippen LogP contribution in [0.2, 0.25) is 0 Å². The average Bonchev–Trinajstić information content (AvgIpc) is 3.01. The number of anilines is 2. The van der Waals surface area contributed by atoms with Gasteiger partial charge in [-0.1, -0.05) is 0 Å². The van der Waals surface area contributed by atoms with Gasteiger partial charge in [-0.25, -0.2) is 9.37 Å². The molecule has 1 saturated heterocycles. The first kappa shape index (κ1) is 12.9. The van der Waals surface area contributed by atoms with E-state index in [9.17, 15) is 4.39 Å². The molecular weight excluding hydrogens is 275 g/mol. The average molecular weight is 288 g/mol. The maximum absolute atomic E-state index is 13.6. The summed E-state index contributed by atoms with van der Waals surface area (Å²) in [5, 5.41) is 11.8. The maximum atomic E-state index is 13.6. The standard InChI is InChI=1S/C14H13FN4S/c15-13-9-12(2-1-11(13)10-16)18-4-6-19(7-5-18)14-17-3-8-20-14/h1-3,8-9H,4-7H2. The van der Waals surface area contributed by atoms with Crippen LogP contribution >= 0.6 is 11.3 Å². The van der Waals surface area contributed by atoms with Gasteiger partial charge in [0.1, 0.15) is 11.9 Å². The third kappa shape index (κ3) is 2.45. The summed E-state index contributed by atoms with van der Waals surface area (Å²) in [7, 11) is 0. The molecule has 0 spiro atoms. The summed E-state index contributed by atoms with van der Waals surface area (Å²) in [6.07, 6.45) is 1.81. The van der Waals surface area contributed by atoms with Gasteiger partial charge in [0.15, 0.2) is 5.13 Å². The zero-order chi connectivity index (χ0) is 13.9. The number of halogens is 1. The number of rotatable bonds is 2. The Labute approximate surface area is 120 Å². The van der Waals surface area contributed by atoms with Gasteiger partial charge in [-0.05, 0) is 18.2 Å². The highest BCUT2D eigenvalue weighted by Gasteiger charge is 2.19. The second kappa shape index (κ2) is 5.47. The molecule has 2 aromatic rings. The second-order valence-corrected chi connectivity index (χ2v) is 5.44. The van der Waals surface area contributed by atoms with E-state index in [1.54, 1.807) is 17.4 Å². The maximum Gasteiger partial charge on any atom is 0.185 e. The smallest absolute Gasteiger partial charge is 0.185 e.